The molecule has 0 aliphatic rings. The fraction of sp³-hybridized carbons (Fsp3) is 0.250. The summed E-state index contributed by atoms with van der Waals surface area (Å²) in [6, 6.07) is 8.06. The summed E-state index contributed by atoms with van der Waals surface area (Å²) in [5, 5.41) is 13.3. The lowest BCUT2D eigenvalue weighted by Gasteiger charge is -2.08. The first-order chi connectivity index (χ1) is 12.3. The summed E-state index contributed by atoms with van der Waals surface area (Å²) < 4.78 is 29.3. The highest BCUT2D eigenvalue weighted by atomic mass is 19.3. The van der Waals surface area contributed by atoms with Gasteiger partial charge in [-0.3, -0.25) is 24.3 Å². The molecule has 2 rings (SSSR count). The number of rotatable bonds is 8. The fourth-order valence-electron chi connectivity index (χ4n) is 2.14. The van der Waals surface area contributed by atoms with E-state index in [2.05, 4.69) is 10.1 Å². The molecule has 1 heterocycles. The number of amides is 1. The molecule has 0 spiro atoms. The Kier molecular flexibility index (Phi) is 6.36. The predicted molar refractivity (Wildman–Crippen MR) is 87.1 cm³/mol. The molecular formula is C16H15F2N3O5. The van der Waals surface area contributed by atoms with E-state index in [0.29, 0.717) is 6.42 Å². The average molecular weight is 367 g/mol. The van der Waals surface area contributed by atoms with Crippen LogP contribution >= 0.6 is 0 Å². The molecule has 0 aliphatic carbocycles. The van der Waals surface area contributed by atoms with Crippen LogP contribution in [0.4, 0.5) is 14.5 Å². The molecule has 8 nitrogen and oxygen atoms in total. The normalized spacial score (nSPS) is 10.6. The van der Waals surface area contributed by atoms with Crippen molar-refractivity contribution in [1.29, 1.82) is 0 Å². The molecule has 0 fully saturated rings. The van der Waals surface area contributed by atoms with Gasteiger partial charge in [0.1, 0.15) is 12.3 Å². The molecule has 1 N–H and O–H groups in total. The Bertz CT molecular complexity index is 837. The molecular weight excluding hydrogens is 352 g/mol. The van der Waals surface area contributed by atoms with Crippen molar-refractivity contribution in [3.63, 3.8) is 0 Å². The van der Waals surface area contributed by atoms with E-state index < -0.39 is 23.0 Å². The van der Waals surface area contributed by atoms with Crippen molar-refractivity contribution < 1.29 is 23.2 Å². The topological polar surface area (TPSA) is 103 Å². The van der Waals surface area contributed by atoms with Gasteiger partial charge in [-0.1, -0.05) is 12.1 Å². The maximum Gasteiger partial charge on any atom is 0.387 e. The molecule has 0 atom stereocenters. The first-order valence-corrected chi connectivity index (χ1v) is 7.50. The van der Waals surface area contributed by atoms with Gasteiger partial charge >= 0.3 is 6.61 Å². The number of carbonyl (C=O) groups excluding carboxylic acids is 1. The lowest BCUT2D eigenvalue weighted by Crippen LogP contribution is -2.33. The van der Waals surface area contributed by atoms with E-state index in [1.54, 1.807) is 12.1 Å². The van der Waals surface area contributed by atoms with Gasteiger partial charge in [-0.2, -0.15) is 8.78 Å². The first-order valence-electron chi connectivity index (χ1n) is 7.50. The Hall–Kier alpha value is -3.30. The first kappa shape index (κ1) is 19.0. The van der Waals surface area contributed by atoms with Gasteiger partial charge in [-0.25, -0.2) is 0 Å². The van der Waals surface area contributed by atoms with E-state index in [1.165, 1.54) is 12.1 Å². The number of ether oxygens (including phenoxy) is 1. The summed E-state index contributed by atoms with van der Waals surface area (Å²) in [7, 11) is 0. The summed E-state index contributed by atoms with van der Waals surface area (Å²) in [6.07, 6.45) is 1.44. The zero-order chi connectivity index (χ0) is 19.1. The number of benzene rings is 1. The molecule has 2 aromatic rings. The molecule has 0 unspecified atom stereocenters. The Balaban J connectivity index is 1.85. The molecule has 0 saturated carbocycles. The van der Waals surface area contributed by atoms with Gasteiger partial charge < -0.3 is 10.1 Å². The molecule has 1 aromatic heterocycles. The number of nitrogens with zero attached hydrogens (tertiary/aromatic N) is 2. The zero-order valence-electron chi connectivity index (χ0n) is 13.4. The van der Waals surface area contributed by atoms with Crippen molar-refractivity contribution in [2.75, 3.05) is 6.54 Å². The summed E-state index contributed by atoms with van der Waals surface area (Å²) in [5.41, 5.74) is -0.0247. The predicted octanol–water partition coefficient (Wildman–Crippen LogP) is 1.72. The second-order valence-corrected chi connectivity index (χ2v) is 5.23. The Labute approximate surface area is 146 Å². The Morgan fingerprint density at radius 3 is 2.54 bits per heavy atom. The summed E-state index contributed by atoms with van der Waals surface area (Å²) in [5.74, 6) is -0.442. The Morgan fingerprint density at radius 2 is 1.92 bits per heavy atom. The van der Waals surface area contributed by atoms with Gasteiger partial charge in [0.15, 0.2) is 0 Å². The molecule has 0 radical (unpaired) electrons. The number of nitrogens with one attached hydrogen (secondary N) is 1. The zero-order valence-corrected chi connectivity index (χ0v) is 13.4. The van der Waals surface area contributed by atoms with Crippen LogP contribution in [0.2, 0.25) is 0 Å². The third-order valence-corrected chi connectivity index (χ3v) is 3.38. The lowest BCUT2D eigenvalue weighted by atomic mass is 10.1. The van der Waals surface area contributed by atoms with Gasteiger partial charge in [-0.15, -0.1) is 0 Å². The van der Waals surface area contributed by atoms with Crippen LogP contribution < -0.4 is 15.6 Å². The minimum Gasteiger partial charge on any atom is -0.435 e. The van der Waals surface area contributed by atoms with Crippen LogP contribution in [0.3, 0.4) is 0 Å². The number of carbonyl (C=O) groups is 1. The quantitative estimate of drug-likeness (QED) is 0.565. The maximum absolute atomic E-state index is 12.1. The van der Waals surface area contributed by atoms with Crippen LogP contribution in [0.1, 0.15) is 5.56 Å². The molecule has 0 bridgehead atoms. The van der Waals surface area contributed by atoms with Gasteiger partial charge in [0.05, 0.1) is 11.1 Å². The number of halogens is 2. The molecule has 10 heteroatoms. The molecule has 1 aromatic carbocycles. The van der Waals surface area contributed by atoms with E-state index in [1.807, 2.05) is 0 Å². The highest BCUT2D eigenvalue weighted by Gasteiger charge is 2.10. The van der Waals surface area contributed by atoms with Gasteiger partial charge in [0.25, 0.3) is 11.2 Å². The molecule has 0 aliphatic heterocycles. The van der Waals surface area contributed by atoms with Crippen molar-refractivity contribution in [3.05, 3.63) is 68.6 Å². The highest BCUT2D eigenvalue weighted by Crippen LogP contribution is 2.15. The second-order valence-electron chi connectivity index (χ2n) is 5.23. The van der Waals surface area contributed by atoms with Crippen molar-refractivity contribution in [3.8, 4) is 5.75 Å². The van der Waals surface area contributed by atoms with Gasteiger partial charge in [-0.05, 0) is 24.1 Å². The smallest absolute Gasteiger partial charge is 0.387 e. The van der Waals surface area contributed by atoms with Crippen LogP contribution in [-0.2, 0) is 17.8 Å². The third kappa shape index (κ3) is 5.65. The summed E-state index contributed by atoms with van der Waals surface area (Å²) in [4.78, 5) is 33.5. The highest BCUT2D eigenvalue weighted by molar-refractivity contribution is 5.75. The number of alkyl halides is 2. The van der Waals surface area contributed by atoms with Crippen LogP contribution in [0.15, 0.2) is 47.4 Å². The number of aromatic nitrogens is 1. The van der Waals surface area contributed by atoms with Crippen molar-refractivity contribution in [1.82, 2.24) is 9.88 Å². The van der Waals surface area contributed by atoms with Crippen LogP contribution in [0, 0.1) is 10.1 Å². The molecule has 26 heavy (non-hydrogen) atoms. The summed E-state index contributed by atoms with van der Waals surface area (Å²) >= 11 is 0. The Morgan fingerprint density at radius 1 is 1.23 bits per heavy atom. The number of hydrogen-bond donors (Lipinski definition) is 1. The van der Waals surface area contributed by atoms with E-state index >= 15 is 0 Å². The molecule has 0 saturated heterocycles. The average Bonchev–Trinajstić information content (AvgIpc) is 2.57. The largest absolute Gasteiger partial charge is 0.435 e. The van der Waals surface area contributed by atoms with Crippen molar-refractivity contribution >= 4 is 11.6 Å². The number of pyridine rings is 1. The van der Waals surface area contributed by atoms with E-state index in [0.717, 1.165) is 28.5 Å². The number of hydrogen-bond acceptors (Lipinski definition) is 5. The number of nitro groups is 1. The van der Waals surface area contributed by atoms with E-state index in [4.69, 9.17) is 0 Å². The molecule has 1 amide bonds. The lowest BCUT2D eigenvalue weighted by molar-refractivity contribution is -0.385. The minimum absolute atomic E-state index is 0.0397. The maximum atomic E-state index is 12.1. The molecule has 138 valence electrons. The van der Waals surface area contributed by atoms with Gasteiger partial charge in [0, 0.05) is 18.7 Å². The standard InChI is InChI=1S/C16H15F2N3O5/c17-16(18)26-13-4-1-11(2-5-13)7-8-19-14(22)10-20-9-12(21(24)25)3-6-15(20)23/h1-6,9,16H,7-8,10H2,(H,19,22). The van der Waals surface area contributed by atoms with Crippen LogP contribution in [0.25, 0.3) is 0 Å². The fourth-order valence-corrected chi connectivity index (χ4v) is 2.14. The van der Waals surface area contributed by atoms with Crippen molar-refractivity contribution in [2.24, 2.45) is 0 Å². The van der Waals surface area contributed by atoms with E-state index in [9.17, 15) is 28.5 Å². The minimum atomic E-state index is -2.89. The van der Waals surface area contributed by atoms with Crippen LogP contribution in [0.5, 0.6) is 5.75 Å². The second kappa shape index (κ2) is 8.70. The third-order valence-electron chi connectivity index (χ3n) is 3.38. The van der Waals surface area contributed by atoms with E-state index in [-0.39, 0.29) is 24.5 Å². The van der Waals surface area contributed by atoms with Crippen LogP contribution in [-0.4, -0.2) is 28.6 Å². The monoisotopic (exact) mass is 367 g/mol. The van der Waals surface area contributed by atoms with Gasteiger partial charge in [0.2, 0.25) is 5.91 Å². The SMILES string of the molecule is O=C(Cn1cc([N+](=O)[O-])ccc1=O)NCCc1ccc(OC(F)F)cc1. The summed E-state index contributed by atoms with van der Waals surface area (Å²) in [6.45, 7) is -2.99. The van der Waals surface area contributed by atoms with Crippen molar-refractivity contribution in [2.45, 2.75) is 19.6 Å².